The molecule has 2 heterocycles. The third kappa shape index (κ3) is 2.55. The van der Waals surface area contributed by atoms with Crippen molar-refractivity contribution in [3.63, 3.8) is 0 Å². The van der Waals surface area contributed by atoms with Crippen LogP contribution in [0.4, 0.5) is 0 Å². The summed E-state index contributed by atoms with van der Waals surface area (Å²) >= 11 is 1.85. The molecule has 0 saturated heterocycles. The maximum absolute atomic E-state index is 2.55. The van der Waals surface area contributed by atoms with Gasteiger partial charge in [-0.2, -0.15) is 0 Å². The fraction of sp³-hybridized carbons (Fsp3) is 0. The lowest BCUT2D eigenvalue weighted by atomic mass is 9.94. The largest absolute Gasteiger partial charge is 0.307 e. The number of benzene rings is 7. The Kier molecular flexibility index (Phi) is 3.99. The van der Waals surface area contributed by atoms with Crippen LogP contribution in [0.2, 0.25) is 0 Å². The highest BCUT2D eigenvalue weighted by Crippen LogP contribution is 2.48. The number of aromatic nitrogens is 1. The molecule has 0 radical (unpaired) electrons. The number of hydrogen-bond donors (Lipinski definition) is 0. The minimum absolute atomic E-state index is 1.20. The molecule has 0 saturated carbocycles. The fourth-order valence-corrected chi connectivity index (χ4v) is 7.59. The first-order valence-corrected chi connectivity index (χ1v) is 13.9. The Bertz CT molecular complexity index is 2400. The minimum Gasteiger partial charge on any atom is -0.307 e. The second-order valence-corrected chi connectivity index (χ2v) is 11.0. The van der Waals surface area contributed by atoms with E-state index in [1.165, 1.54) is 80.7 Å². The van der Waals surface area contributed by atoms with Crippen molar-refractivity contribution in [1.29, 1.82) is 0 Å². The van der Waals surface area contributed by atoms with E-state index in [1.807, 2.05) is 11.3 Å². The van der Waals surface area contributed by atoms with E-state index in [-0.39, 0.29) is 0 Å². The van der Waals surface area contributed by atoms with Crippen molar-refractivity contribution >= 4 is 86.3 Å². The lowest BCUT2D eigenvalue weighted by Gasteiger charge is -2.13. The molecule has 2 aromatic heterocycles. The summed E-state index contributed by atoms with van der Waals surface area (Å²) in [6.45, 7) is 0. The molecular formula is C36H21NS. The highest BCUT2D eigenvalue weighted by atomic mass is 32.1. The molecule has 0 fully saturated rings. The van der Waals surface area contributed by atoms with Crippen LogP contribution in [0, 0.1) is 0 Å². The smallest absolute Gasteiger partial charge is 0.0726 e. The van der Waals surface area contributed by atoms with Gasteiger partial charge in [0.1, 0.15) is 0 Å². The van der Waals surface area contributed by atoms with E-state index in [9.17, 15) is 0 Å². The van der Waals surface area contributed by atoms with Crippen molar-refractivity contribution in [3.8, 4) is 5.69 Å². The van der Waals surface area contributed by atoms with Gasteiger partial charge in [-0.3, -0.25) is 0 Å². The topological polar surface area (TPSA) is 4.93 Å². The number of hydrogen-bond acceptors (Lipinski definition) is 1. The lowest BCUT2D eigenvalue weighted by Crippen LogP contribution is -1.95. The van der Waals surface area contributed by atoms with Gasteiger partial charge in [-0.15, -0.1) is 11.3 Å². The molecule has 0 amide bonds. The van der Waals surface area contributed by atoms with Crippen LogP contribution in [0.3, 0.4) is 0 Å². The number of nitrogens with zero attached hydrogens (tertiary/aromatic N) is 1. The Balaban J connectivity index is 1.68. The second kappa shape index (κ2) is 7.44. The molecule has 0 N–H and O–H groups in total. The number of rotatable bonds is 1. The van der Waals surface area contributed by atoms with Gasteiger partial charge in [0.25, 0.3) is 0 Å². The third-order valence-electron chi connectivity index (χ3n) is 8.20. The number of thiophene rings is 1. The molecule has 0 spiro atoms. The summed E-state index contributed by atoms with van der Waals surface area (Å²) in [5.74, 6) is 0. The Morgan fingerprint density at radius 1 is 0.421 bits per heavy atom. The van der Waals surface area contributed by atoms with Crippen molar-refractivity contribution in [2.45, 2.75) is 0 Å². The van der Waals surface area contributed by atoms with Gasteiger partial charge in [-0.25, -0.2) is 0 Å². The lowest BCUT2D eigenvalue weighted by molar-refractivity contribution is 1.20. The van der Waals surface area contributed by atoms with Crippen LogP contribution in [-0.2, 0) is 0 Å². The van der Waals surface area contributed by atoms with Crippen molar-refractivity contribution in [2.24, 2.45) is 0 Å². The van der Waals surface area contributed by atoms with Crippen molar-refractivity contribution in [1.82, 2.24) is 4.57 Å². The molecule has 1 nitrogen and oxygen atoms in total. The summed E-state index contributed by atoms with van der Waals surface area (Å²) in [4.78, 5) is 0. The summed E-state index contributed by atoms with van der Waals surface area (Å²) in [6.07, 6.45) is 0. The van der Waals surface area contributed by atoms with Gasteiger partial charge >= 0.3 is 0 Å². The predicted octanol–water partition coefficient (Wildman–Crippen LogP) is 10.6. The zero-order valence-corrected chi connectivity index (χ0v) is 21.3. The van der Waals surface area contributed by atoms with E-state index in [0.717, 1.165) is 0 Å². The van der Waals surface area contributed by atoms with Crippen LogP contribution in [0.15, 0.2) is 127 Å². The predicted molar refractivity (Wildman–Crippen MR) is 166 cm³/mol. The van der Waals surface area contributed by atoms with E-state index in [4.69, 9.17) is 0 Å². The molecule has 0 atom stereocenters. The molecule has 9 rings (SSSR count). The molecule has 0 unspecified atom stereocenters. The molecule has 7 aromatic carbocycles. The van der Waals surface area contributed by atoms with Gasteiger partial charge in [0, 0.05) is 27.2 Å². The monoisotopic (exact) mass is 499 g/mol. The van der Waals surface area contributed by atoms with E-state index in [2.05, 4.69) is 131 Å². The average Bonchev–Trinajstić information content (AvgIpc) is 3.61. The third-order valence-corrected chi connectivity index (χ3v) is 9.12. The normalized spacial score (nSPS) is 12.2. The fourth-order valence-electron chi connectivity index (χ4n) is 6.64. The van der Waals surface area contributed by atoms with Crippen LogP contribution >= 0.6 is 11.3 Å². The van der Waals surface area contributed by atoms with Crippen LogP contribution in [-0.4, -0.2) is 4.57 Å². The first kappa shape index (κ1) is 20.4. The van der Waals surface area contributed by atoms with Crippen molar-refractivity contribution in [2.75, 3.05) is 0 Å². The molecule has 0 bridgehead atoms. The van der Waals surface area contributed by atoms with Gasteiger partial charge in [-0.05, 0) is 61.3 Å². The zero-order valence-electron chi connectivity index (χ0n) is 20.5. The van der Waals surface area contributed by atoms with E-state index < -0.39 is 0 Å². The molecular weight excluding hydrogens is 478 g/mol. The molecule has 9 aromatic rings. The minimum atomic E-state index is 1.20. The number of fused-ring (bicyclic) bond motifs is 14. The highest BCUT2D eigenvalue weighted by Gasteiger charge is 2.23. The van der Waals surface area contributed by atoms with E-state index in [0.29, 0.717) is 0 Å². The Morgan fingerprint density at radius 2 is 0.974 bits per heavy atom. The standard InChI is InChI=1S/C36H21NS/c1-2-10-23-21-24(18-17-22(23)9-1)37-34-30-16-8-5-12-26(30)25-11-3-6-14-28(25)32(34)33-29-15-7-4-13-27(29)31-19-20-38-36(31)35(33)37/h1-21H. The summed E-state index contributed by atoms with van der Waals surface area (Å²) in [5, 5.41) is 16.6. The Labute approximate surface area is 222 Å². The van der Waals surface area contributed by atoms with Crippen LogP contribution in [0.5, 0.6) is 0 Å². The Morgan fingerprint density at radius 3 is 1.71 bits per heavy atom. The van der Waals surface area contributed by atoms with Crippen molar-refractivity contribution in [3.05, 3.63) is 127 Å². The molecule has 0 aliphatic carbocycles. The van der Waals surface area contributed by atoms with E-state index >= 15 is 0 Å². The zero-order chi connectivity index (χ0) is 24.8. The SMILES string of the molecule is c1ccc2cc(-n3c4c5ccccc5c5ccccc5c4c4c5ccccc5c5ccsc5c43)ccc2c1. The summed E-state index contributed by atoms with van der Waals surface area (Å²) < 4.78 is 3.90. The van der Waals surface area contributed by atoms with Crippen LogP contribution in [0.1, 0.15) is 0 Å². The van der Waals surface area contributed by atoms with E-state index in [1.54, 1.807) is 0 Å². The van der Waals surface area contributed by atoms with Gasteiger partial charge < -0.3 is 4.57 Å². The second-order valence-electron chi connectivity index (χ2n) is 10.1. The molecule has 0 aliphatic heterocycles. The molecule has 176 valence electrons. The first-order chi connectivity index (χ1) is 18.9. The van der Waals surface area contributed by atoms with Gasteiger partial charge in [0.2, 0.25) is 0 Å². The maximum Gasteiger partial charge on any atom is 0.0726 e. The summed E-state index contributed by atoms with van der Waals surface area (Å²) in [6, 6.07) is 44.7. The van der Waals surface area contributed by atoms with Gasteiger partial charge in [0.15, 0.2) is 0 Å². The summed E-state index contributed by atoms with van der Waals surface area (Å²) in [5.41, 5.74) is 3.80. The first-order valence-electron chi connectivity index (χ1n) is 13.0. The summed E-state index contributed by atoms with van der Waals surface area (Å²) in [7, 11) is 0. The van der Waals surface area contributed by atoms with Crippen molar-refractivity contribution < 1.29 is 0 Å². The Hall–Kier alpha value is -4.66. The highest BCUT2D eigenvalue weighted by molar-refractivity contribution is 7.18. The quantitative estimate of drug-likeness (QED) is 0.198. The van der Waals surface area contributed by atoms with Crippen LogP contribution in [0.25, 0.3) is 80.7 Å². The van der Waals surface area contributed by atoms with Gasteiger partial charge in [0.05, 0.1) is 15.7 Å². The molecule has 0 aliphatic rings. The molecule has 38 heavy (non-hydrogen) atoms. The molecule has 2 heteroatoms. The van der Waals surface area contributed by atoms with Gasteiger partial charge in [-0.1, -0.05) is 103 Å². The maximum atomic E-state index is 2.55. The van der Waals surface area contributed by atoms with Crippen LogP contribution < -0.4 is 0 Å². The average molecular weight is 500 g/mol.